The summed E-state index contributed by atoms with van der Waals surface area (Å²) in [6.45, 7) is 0.626. The first-order valence-corrected chi connectivity index (χ1v) is 7.45. The van der Waals surface area contributed by atoms with Crippen LogP contribution in [0.5, 0.6) is 0 Å². The normalized spacial score (nSPS) is 11.8. The van der Waals surface area contributed by atoms with E-state index >= 15 is 0 Å². The number of halogens is 1. The number of sulfonamides is 1. The second-order valence-corrected chi connectivity index (χ2v) is 6.50. The summed E-state index contributed by atoms with van der Waals surface area (Å²) < 4.78 is 31.4. The summed E-state index contributed by atoms with van der Waals surface area (Å²) in [6, 6.07) is 1.53. The number of methoxy groups -OCH3 is 1. The summed E-state index contributed by atoms with van der Waals surface area (Å²) in [6.07, 6.45) is 1.54. The fourth-order valence-electron chi connectivity index (χ4n) is 1.31. The molecule has 102 valence electrons. The third kappa shape index (κ3) is 3.41. The summed E-state index contributed by atoms with van der Waals surface area (Å²) in [7, 11) is 1.09. The lowest BCUT2D eigenvalue weighted by molar-refractivity contribution is 0.185. The Hall–Kier alpha value is -0.700. The second kappa shape index (κ2) is 6.46. The minimum atomic E-state index is -3.58. The van der Waals surface area contributed by atoms with Crippen molar-refractivity contribution in [1.29, 1.82) is 0 Å². The number of hydrogen-bond donors (Lipinski definition) is 1. The van der Waals surface area contributed by atoms with Crippen LogP contribution in [-0.4, -0.2) is 52.1 Å². The average molecular weight is 338 g/mol. The second-order valence-electron chi connectivity index (χ2n) is 3.57. The molecule has 0 radical (unpaired) electrons. The Morgan fingerprint density at radius 1 is 1.56 bits per heavy atom. The number of aromatic nitrogens is 1. The Kier molecular flexibility index (Phi) is 5.51. The Morgan fingerprint density at radius 3 is 2.78 bits per heavy atom. The van der Waals surface area contributed by atoms with Crippen LogP contribution in [0, 0.1) is 0 Å². The predicted molar refractivity (Wildman–Crippen MR) is 73.2 cm³/mol. The van der Waals surface area contributed by atoms with Gasteiger partial charge in [-0.15, -0.1) is 0 Å². The van der Waals surface area contributed by atoms with Crippen LogP contribution in [0.2, 0.25) is 0 Å². The standard InChI is InChI=1S/C10H16BrN3O3S/c1-12-10-9(6-8(11)7-13-10)18(15,16)14(2)4-5-17-3/h6-7H,4-5H2,1-3H3,(H,12,13). The van der Waals surface area contributed by atoms with E-state index in [1.165, 1.54) is 24.5 Å². The lowest BCUT2D eigenvalue weighted by atomic mass is 10.4. The van der Waals surface area contributed by atoms with E-state index in [2.05, 4.69) is 26.2 Å². The SMILES string of the molecule is CNc1ncc(Br)cc1S(=O)(=O)N(C)CCOC. The molecular formula is C10H16BrN3O3S. The first-order chi connectivity index (χ1) is 8.43. The van der Waals surface area contributed by atoms with Crippen molar-refractivity contribution in [1.82, 2.24) is 9.29 Å². The van der Waals surface area contributed by atoms with Gasteiger partial charge in [-0.05, 0) is 22.0 Å². The summed E-state index contributed by atoms with van der Waals surface area (Å²) in [5.41, 5.74) is 0. The van der Waals surface area contributed by atoms with E-state index in [0.717, 1.165) is 0 Å². The van der Waals surface area contributed by atoms with Gasteiger partial charge in [0.2, 0.25) is 10.0 Å². The number of ether oxygens (including phenoxy) is 1. The van der Waals surface area contributed by atoms with Gasteiger partial charge in [-0.2, -0.15) is 4.31 Å². The van der Waals surface area contributed by atoms with Gasteiger partial charge >= 0.3 is 0 Å². The highest BCUT2D eigenvalue weighted by atomic mass is 79.9. The number of rotatable bonds is 6. The number of likely N-dealkylation sites (N-methyl/N-ethyl adjacent to an activating group) is 1. The van der Waals surface area contributed by atoms with Crippen LogP contribution >= 0.6 is 15.9 Å². The zero-order valence-electron chi connectivity index (χ0n) is 10.5. The lowest BCUT2D eigenvalue weighted by Crippen LogP contribution is -2.30. The average Bonchev–Trinajstić information content (AvgIpc) is 2.35. The van der Waals surface area contributed by atoms with E-state index in [-0.39, 0.29) is 11.4 Å². The maximum absolute atomic E-state index is 12.3. The highest BCUT2D eigenvalue weighted by Crippen LogP contribution is 2.24. The molecule has 0 unspecified atom stereocenters. The molecule has 6 nitrogen and oxygen atoms in total. The molecule has 0 amide bonds. The Morgan fingerprint density at radius 2 is 2.22 bits per heavy atom. The van der Waals surface area contributed by atoms with Crippen LogP contribution < -0.4 is 5.32 Å². The molecule has 18 heavy (non-hydrogen) atoms. The third-order valence-corrected chi connectivity index (χ3v) is 4.66. The largest absolute Gasteiger partial charge is 0.383 e. The smallest absolute Gasteiger partial charge is 0.246 e. The van der Waals surface area contributed by atoms with Gasteiger partial charge in [0.25, 0.3) is 0 Å². The molecule has 0 atom stereocenters. The molecule has 0 aromatic carbocycles. The number of anilines is 1. The summed E-state index contributed by atoms with van der Waals surface area (Å²) >= 11 is 3.22. The molecule has 0 spiro atoms. The van der Waals surface area contributed by atoms with Crippen LogP contribution in [0.15, 0.2) is 21.6 Å². The number of pyridine rings is 1. The summed E-state index contributed by atoms with van der Waals surface area (Å²) in [5.74, 6) is 0.322. The maximum Gasteiger partial charge on any atom is 0.246 e. The molecule has 0 fully saturated rings. The number of hydrogen-bond acceptors (Lipinski definition) is 5. The fraction of sp³-hybridized carbons (Fsp3) is 0.500. The van der Waals surface area contributed by atoms with Gasteiger partial charge in [0.15, 0.2) is 0 Å². The summed E-state index contributed by atoms with van der Waals surface area (Å²) in [5, 5.41) is 2.77. The Balaban J connectivity index is 3.14. The monoisotopic (exact) mass is 337 g/mol. The van der Waals surface area contributed by atoms with Crippen LogP contribution in [0.4, 0.5) is 5.82 Å². The zero-order valence-corrected chi connectivity index (χ0v) is 12.9. The van der Waals surface area contributed by atoms with Gasteiger partial charge in [0.1, 0.15) is 10.7 Å². The van der Waals surface area contributed by atoms with Crippen molar-refractivity contribution in [3.05, 3.63) is 16.7 Å². The van der Waals surface area contributed by atoms with Gasteiger partial charge in [-0.1, -0.05) is 0 Å². The van der Waals surface area contributed by atoms with Crippen molar-refractivity contribution in [2.24, 2.45) is 0 Å². The molecule has 0 aliphatic heterocycles. The molecule has 1 rings (SSSR count). The minimum Gasteiger partial charge on any atom is -0.383 e. The van der Waals surface area contributed by atoms with E-state index < -0.39 is 10.0 Å². The summed E-state index contributed by atoms with van der Waals surface area (Å²) in [4.78, 5) is 4.17. The zero-order chi connectivity index (χ0) is 13.8. The van der Waals surface area contributed by atoms with Gasteiger partial charge < -0.3 is 10.1 Å². The van der Waals surface area contributed by atoms with E-state index in [9.17, 15) is 8.42 Å². The minimum absolute atomic E-state index is 0.137. The van der Waals surface area contributed by atoms with Crippen LogP contribution in [0.3, 0.4) is 0 Å². The highest BCUT2D eigenvalue weighted by Gasteiger charge is 2.24. The van der Waals surface area contributed by atoms with Crippen molar-refractivity contribution >= 4 is 31.8 Å². The lowest BCUT2D eigenvalue weighted by Gasteiger charge is -2.18. The molecule has 8 heteroatoms. The van der Waals surface area contributed by atoms with Crippen LogP contribution in [0.25, 0.3) is 0 Å². The molecule has 0 saturated heterocycles. The van der Waals surface area contributed by atoms with Gasteiger partial charge in [-0.3, -0.25) is 0 Å². The van der Waals surface area contributed by atoms with E-state index in [1.54, 1.807) is 13.2 Å². The van der Waals surface area contributed by atoms with Gasteiger partial charge in [0.05, 0.1) is 6.61 Å². The number of nitrogens with one attached hydrogen (secondary N) is 1. The topological polar surface area (TPSA) is 71.5 Å². The van der Waals surface area contributed by atoms with Crippen molar-refractivity contribution in [2.45, 2.75) is 4.90 Å². The highest BCUT2D eigenvalue weighted by molar-refractivity contribution is 9.10. The molecule has 0 saturated carbocycles. The van der Waals surface area contributed by atoms with Crippen molar-refractivity contribution in [3.63, 3.8) is 0 Å². The van der Waals surface area contributed by atoms with Crippen LogP contribution in [0.1, 0.15) is 0 Å². The molecule has 1 aromatic heterocycles. The fourth-order valence-corrected chi connectivity index (χ4v) is 3.12. The van der Waals surface area contributed by atoms with Gasteiger partial charge in [0, 0.05) is 38.4 Å². The molecule has 1 heterocycles. The van der Waals surface area contributed by atoms with Gasteiger partial charge in [-0.25, -0.2) is 13.4 Å². The molecule has 0 bridgehead atoms. The molecule has 1 N–H and O–H groups in total. The first kappa shape index (κ1) is 15.4. The van der Waals surface area contributed by atoms with E-state index in [1.807, 2.05) is 0 Å². The maximum atomic E-state index is 12.3. The quantitative estimate of drug-likeness (QED) is 0.843. The molecule has 1 aromatic rings. The Bertz CT molecular complexity index is 507. The molecular weight excluding hydrogens is 322 g/mol. The van der Waals surface area contributed by atoms with E-state index in [0.29, 0.717) is 16.9 Å². The Labute approximate surface area is 116 Å². The first-order valence-electron chi connectivity index (χ1n) is 5.22. The van der Waals surface area contributed by atoms with Crippen molar-refractivity contribution in [2.75, 3.05) is 39.7 Å². The number of nitrogens with zero attached hydrogens (tertiary/aromatic N) is 2. The van der Waals surface area contributed by atoms with E-state index in [4.69, 9.17) is 4.74 Å². The van der Waals surface area contributed by atoms with Crippen molar-refractivity contribution < 1.29 is 13.2 Å². The van der Waals surface area contributed by atoms with Crippen LogP contribution in [-0.2, 0) is 14.8 Å². The molecule has 0 aliphatic rings. The third-order valence-electron chi connectivity index (χ3n) is 2.35. The predicted octanol–water partition coefficient (Wildman–Crippen LogP) is 1.15. The van der Waals surface area contributed by atoms with Crippen molar-refractivity contribution in [3.8, 4) is 0 Å². The molecule has 0 aliphatic carbocycles.